The lowest BCUT2D eigenvalue weighted by molar-refractivity contribution is -0.133. The van der Waals surface area contributed by atoms with E-state index in [9.17, 15) is 9.59 Å². The Kier molecular flexibility index (Phi) is 5.42. The van der Waals surface area contributed by atoms with Crippen molar-refractivity contribution in [3.05, 3.63) is 70.0 Å². The molecule has 0 atom stereocenters. The van der Waals surface area contributed by atoms with Crippen molar-refractivity contribution in [1.29, 1.82) is 0 Å². The van der Waals surface area contributed by atoms with Gasteiger partial charge in [-0.25, -0.2) is 0 Å². The summed E-state index contributed by atoms with van der Waals surface area (Å²) in [6.45, 7) is 5.39. The molecule has 160 valence electrons. The number of fused-ring (bicyclic) bond motifs is 2. The van der Waals surface area contributed by atoms with Crippen molar-refractivity contribution in [2.24, 2.45) is 0 Å². The summed E-state index contributed by atoms with van der Waals surface area (Å²) in [7, 11) is 0. The molecule has 0 radical (unpaired) electrons. The second kappa shape index (κ2) is 8.51. The highest BCUT2D eigenvalue weighted by Crippen LogP contribution is 2.26. The molecule has 0 aliphatic carbocycles. The van der Waals surface area contributed by atoms with Crippen molar-refractivity contribution in [2.45, 2.75) is 25.9 Å². The molecule has 7 heteroatoms. The Balaban J connectivity index is 1.15. The smallest absolute Gasteiger partial charge is 0.224 e. The fourth-order valence-corrected chi connectivity index (χ4v) is 4.45. The number of hydrogen-bond acceptors (Lipinski definition) is 5. The number of amides is 1. The van der Waals surface area contributed by atoms with Crippen LogP contribution in [0.4, 0.5) is 0 Å². The molecule has 0 N–H and O–H groups in total. The predicted octanol–water partition coefficient (Wildman–Crippen LogP) is 2.07. The quantitative estimate of drug-likeness (QED) is 0.635. The van der Waals surface area contributed by atoms with E-state index in [2.05, 4.69) is 28.2 Å². The van der Waals surface area contributed by atoms with Gasteiger partial charge >= 0.3 is 0 Å². The molecule has 3 heterocycles. The van der Waals surface area contributed by atoms with E-state index < -0.39 is 0 Å². The molecule has 0 bridgehead atoms. The van der Waals surface area contributed by atoms with Gasteiger partial charge in [0.05, 0.1) is 24.9 Å². The van der Waals surface area contributed by atoms with Gasteiger partial charge in [0.25, 0.3) is 0 Å². The van der Waals surface area contributed by atoms with Crippen LogP contribution in [0.2, 0.25) is 0 Å². The number of aromatic nitrogens is 2. The van der Waals surface area contributed by atoms with Gasteiger partial charge in [-0.2, -0.15) is 5.10 Å². The molecule has 1 fully saturated rings. The van der Waals surface area contributed by atoms with Gasteiger partial charge < -0.3 is 9.64 Å². The first kappa shape index (κ1) is 19.8. The van der Waals surface area contributed by atoms with Crippen LogP contribution in [0.3, 0.4) is 0 Å². The minimum Gasteiger partial charge on any atom is -0.493 e. The molecule has 2 aromatic carbocycles. The van der Waals surface area contributed by atoms with E-state index in [1.807, 2.05) is 23.1 Å². The molecular formula is C24H26N4O3. The average molecular weight is 418 g/mol. The van der Waals surface area contributed by atoms with Crippen molar-refractivity contribution < 1.29 is 9.53 Å². The Labute approximate surface area is 180 Å². The zero-order valence-corrected chi connectivity index (χ0v) is 17.5. The first-order valence-corrected chi connectivity index (χ1v) is 10.9. The Morgan fingerprint density at radius 1 is 1.06 bits per heavy atom. The van der Waals surface area contributed by atoms with E-state index in [4.69, 9.17) is 4.74 Å². The molecule has 1 aromatic heterocycles. The summed E-state index contributed by atoms with van der Waals surface area (Å²) in [6, 6.07) is 13.9. The maximum atomic E-state index is 12.8. The first-order valence-electron chi connectivity index (χ1n) is 10.9. The van der Waals surface area contributed by atoms with E-state index in [0.717, 1.165) is 57.0 Å². The number of benzene rings is 2. The summed E-state index contributed by atoms with van der Waals surface area (Å²) < 4.78 is 7.34. The zero-order valence-electron chi connectivity index (χ0n) is 17.5. The molecule has 3 aromatic rings. The molecule has 2 aliphatic heterocycles. The number of hydrogen-bond donors (Lipinski definition) is 0. The van der Waals surface area contributed by atoms with Crippen LogP contribution in [0, 0.1) is 0 Å². The summed E-state index contributed by atoms with van der Waals surface area (Å²) in [6.07, 6.45) is 2.70. The fraction of sp³-hybridized carbons (Fsp3) is 0.375. The number of aryl methyl sites for hydroxylation is 1. The van der Waals surface area contributed by atoms with Crippen molar-refractivity contribution in [2.75, 3.05) is 32.8 Å². The van der Waals surface area contributed by atoms with Gasteiger partial charge in [0.2, 0.25) is 11.3 Å². The minimum atomic E-state index is -0.0924. The number of carbonyl (C=O) groups is 1. The van der Waals surface area contributed by atoms with Crippen LogP contribution in [0.25, 0.3) is 10.9 Å². The second-order valence-corrected chi connectivity index (χ2v) is 8.20. The molecule has 2 aliphatic rings. The van der Waals surface area contributed by atoms with Crippen LogP contribution >= 0.6 is 0 Å². The Morgan fingerprint density at radius 2 is 1.90 bits per heavy atom. The van der Waals surface area contributed by atoms with Crippen LogP contribution in [-0.2, 0) is 24.3 Å². The third-order valence-corrected chi connectivity index (χ3v) is 6.18. The molecule has 5 rings (SSSR count). The van der Waals surface area contributed by atoms with E-state index in [0.29, 0.717) is 18.4 Å². The number of para-hydroxylation sites is 1. The van der Waals surface area contributed by atoms with Crippen LogP contribution < -0.4 is 10.2 Å². The molecule has 1 amide bonds. The number of carbonyl (C=O) groups excluding carboxylic acids is 1. The number of ether oxygens (including phenoxy) is 1. The van der Waals surface area contributed by atoms with E-state index in [1.54, 1.807) is 10.7 Å². The largest absolute Gasteiger partial charge is 0.493 e. The molecule has 0 saturated carbocycles. The van der Waals surface area contributed by atoms with Crippen molar-refractivity contribution in [3.63, 3.8) is 0 Å². The van der Waals surface area contributed by atoms with Gasteiger partial charge in [0.1, 0.15) is 5.75 Å². The number of piperazine rings is 1. The maximum absolute atomic E-state index is 12.8. The number of nitrogens with zero attached hydrogens (tertiary/aromatic N) is 4. The Hall–Kier alpha value is -3.19. The van der Waals surface area contributed by atoms with Gasteiger partial charge in [-0.1, -0.05) is 24.3 Å². The molecular weight excluding hydrogens is 392 g/mol. The predicted molar refractivity (Wildman–Crippen MR) is 118 cm³/mol. The summed E-state index contributed by atoms with van der Waals surface area (Å²) in [5.74, 6) is 1.16. The van der Waals surface area contributed by atoms with Gasteiger partial charge in [-0.3, -0.25) is 19.2 Å². The summed E-state index contributed by atoms with van der Waals surface area (Å²) >= 11 is 0. The van der Waals surface area contributed by atoms with Gasteiger partial charge in [0, 0.05) is 51.0 Å². The highest BCUT2D eigenvalue weighted by molar-refractivity contribution is 5.79. The van der Waals surface area contributed by atoms with Crippen LogP contribution in [0.5, 0.6) is 5.75 Å². The fourth-order valence-electron chi connectivity index (χ4n) is 4.45. The summed E-state index contributed by atoms with van der Waals surface area (Å²) in [5, 5.41) is 4.86. The Morgan fingerprint density at radius 3 is 2.77 bits per heavy atom. The van der Waals surface area contributed by atoms with Gasteiger partial charge in [0.15, 0.2) is 0 Å². The molecule has 1 saturated heterocycles. The highest BCUT2D eigenvalue weighted by atomic mass is 16.5. The van der Waals surface area contributed by atoms with E-state index in [1.165, 1.54) is 17.3 Å². The topological polar surface area (TPSA) is 67.7 Å². The Bertz CT molecular complexity index is 1160. The maximum Gasteiger partial charge on any atom is 0.224 e. The third-order valence-electron chi connectivity index (χ3n) is 6.18. The van der Waals surface area contributed by atoms with Crippen LogP contribution in [0.1, 0.15) is 17.5 Å². The molecule has 7 nitrogen and oxygen atoms in total. The second-order valence-electron chi connectivity index (χ2n) is 8.20. The standard InChI is InChI=1S/C24H26N4O3/c29-22-16-25-28(21-4-2-1-3-20(21)22)9-7-24(30)27-12-10-26(11-13-27)17-18-5-6-23-19(15-18)8-14-31-23/h1-6,15-16H,7-14,17H2. The lowest BCUT2D eigenvalue weighted by Gasteiger charge is -2.35. The van der Waals surface area contributed by atoms with E-state index >= 15 is 0 Å². The normalized spacial score (nSPS) is 16.3. The number of rotatable bonds is 5. The van der Waals surface area contributed by atoms with Crippen LogP contribution in [-0.4, -0.2) is 58.3 Å². The lowest BCUT2D eigenvalue weighted by Crippen LogP contribution is -2.48. The SMILES string of the molecule is O=C(CCn1ncc(=O)c2ccccc21)N1CCN(Cc2ccc3c(c2)CCO3)CC1. The van der Waals surface area contributed by atoms with Gasteiger partial charge in [-0.05, 0) is 29.3 Å². The lowest BCUT2D eigenvalue weighted by atomic mass is 10.1. The van der Waals surface area contributed by atoms with Crippen molar-refractivity contribution in [3.8, 4) is 5.75 Å². The summed E-state index contributed by atoms with van der Waals surface area (Å²) in [5.41, 5.74) is 3.28. The third kappa shape index (κ3) is 4.18. The van der Waals surface area contributed by atoms with Crippen molar-refractivity contribution in [1.82, 2.24) is 19.6 Å². The molecule has 0 spiro atoms. The van der Waals surface area contributed by atoms with E-state index in [-0.39, 0.29) is 11.3 Å². The highest BCUT2D eigenvalue weighted by Gasteiger charge is 2.22. The van der Waals surface area contributed by atoms with Gasteiger partial charge in [-0.15, -0.1) is 0 Å². The first-order chi connectivity index (χ1) is 15.2. The monoisotopic (exact) mass is 418 g/mol. The minimum absolute atomic E-state index is 0.0924. The molecule has 0 unspecified atom stereocenters. The molecule has 31 heavy (non-hydrogen) atoms. The summed E-state index contributed by atoms with van der Waals surface area (Å²) in [4.78, 5) is 29.1. The van der Waals surface area contributed by atoms with Crippen LogP contribution in [0.15, 0.2) is 53.5 Å². The zero-order chi connectivity index (χ0) is 21.2. The van der Waals surface area contributed by atoms with Crippen molar-refractivity contribution >= 4 is 16.8 Å². The average Bonchev–Trinajstić information content (AvgIpc) is 3.27.